The number of likely N-dealkylation sites (N-methyl/N-ethyl adjacent to an activating group) is 1. The molecule has 0 N–H and O–H groups in total. The van der Waals surface area contributed by atoms with Gasteiger partial charge < -0.3 is 33.3 Å². The topological polar surface area (TPSA) is 111 Å². The molecule has 0 aliphatic heterocycles. The van der Waals surface area contributed by atoms with Gasteiger partial charge in [0, 0.05) is 12.8 Å². The summed E-state index contributed by atoms with van der Waals surface area (Å²) in [4.78, 5) is 36.8. The first-order valence-corrected chi connectivity index (χ1v) is 20.6. The van der Waals surface area contributed by atoms with Crippen LogP contribution < -0.4 is 5.11 Å². The zero-order valence-electron chi connectivity index (χ0n) is 33.9. The van der Waals surface area contributed by atoms with Crippen molar-refractivity contribution in [3.8, 4) is 0 Å². The lowest BCUT2D eigenvalue weighted by Gasteiger charge is -2.26. The SMILES string of the molecule is CCCCC/C=C\C/C=C\CCCCCCCC(=O)OC(COC(=O)CCCCCCC/C=C\CCCCC)COC(OCC[N+](C)(C)C)C(=O)[O-]. The number of carboxylic acids is 1. The summed E-state index contributed by atoms with van der Waals surface area (Å²) in [5.74, 6) is -2.32. The van der Waals surface area contributed by atoms with Crippen LogP contribution in [0.2, 0.25) is 0 Å². The minimum Gasteiger partial charge on any atom is -0.545 e. The lowest BCUT2D eigenvalue weighted by atomic mass is 10.1. The maximum Gasteiger partial charge on any atom is 0.306 e. The molecule has 0 aromatic heterocycles. The van der Waals surface area contributed by atoms with E-state index in [1.807, 2.05) is 21.1 Å². The van der Waals surface area contributed by atoms with Gasteiger partial charge in [-0.25, -0.2) is 0 Å². The predicted molar refractivity (Wildman–Crippen MR) is 209 cm³/mol. The molecule has 0 saturated carbocycles. The van der Waals surface area contributed by atoms with E-state index >= 15 is 0 Å². The second-order valence-electron chi connectivity index (χ2n) is 14.9. The zero-order valence-corrected chi connectivity index (χ0v) is 33.9. The molecule has 0 aliphatic rings. The average Bonchev–Trinajstić information content (AvgIpc) is 3.09. The summed E-state index contributed by atoms with van der Waals surface area (Å²) in [6.07, 6.45) is 34.5. The number of unbranched alkanes of at least 4 members (excludes halogenated alkanes) is 16. The van der Waals surface area contributed by atoms with E-state index in [4.69, 9.17) is 18.9 Å². The minimum atomic E-state index is -1.62. The molecule has 2 unspecified atom stereocenters. The van der Waals surface area contributed by atoms with Gasteiger partial charge in [0.15, 0.2) is 12.4 Å². The lowest BCUT2D eigenvalue weighted by molar-refractivity contribution is -0.870. The Labute approximate surface area is 318 Å². The Kier molecular flexibility index (Phi) is 33.8. The average molecular weight is 736 g/mol. The standard InChI is InChI=1S/C43H77NO8/c1-6-8-10-12-14-16-18-20-21-22-24-26-28-30-32-34-41(46)52-39(38-51-43(42(47)48)49-36-35-44(3,4)5)37-50-40(45)33-31-29-27-25-23-19-17-15-13-11-9-7-2/h14-17,20-21,39,43H,6-13,18-19,22-38H2,1-5H3/b16-14-,17-15-,21-20-. The van der Waals surface area contributed by atoms with Crippen molar-refractivity contribution in [2.75, 3.05) is 47.5 Å². The van der Waals surface area contributed by atoms with Gasteiger partial charge in [0.05, 0.1) is 40.3 Å². The van der Waals surface area contributed by atoms with E-state index in [1.165, 1.54) is 51.4 Å². The van der Waals surface area contributed by atoms with Gasteiger partial charge in [0.2, 0.25) is 0 Å². The van der Waals surface area contributed by atoms with E-state index in [2.05, 4.69) is 50.3 Å². The van der Waals surface area contributed by atoms with E-state index in [9.17, 15) is 19.5 Å². The molecule has 0 bridgehead atoms. The minimum absolute atomic E-state index is 0.143. The van der Waals surface area contributed by atoms with E-state index in [-0.39, 0.29) is 38.6 Å². The van der Waals surface area contributed by atoms with Crippen LogP contribution in [-0.4, -0.2) is 82.3 Å². The number of aliphatic carboxylic acids is 1. The molecule has 2 atom stereocenters. The van der Waals surface area contributed by atoms with Crippen LogP contribution in [-0.2, 0) is 33.3 Å². The van der Waals surface area contributed by atoms with Crippen LogP contribution in [0, 0.1) is 0 Å². The van der Waals surface area contributed by atoms with Gasteiger partial charge in [-0.1, -0.05) is 115 Å². The van der Waals surface area contributed by atoms with Crippen molar-refractivity contribution in [2.24, 2.45) is 0 Å². The quantitative estimate of drug-likeness (QED) is 0.0205. The monoisotopic (exact) mass is 736 g/mol. The normalized spacial score (nSPS) is 13.3. The Morgan fingerprint density at radius 1 is 0.577 bits per heavy atom. The van der Waals surface area contributed by atoms with E-state index in [0.717, 1.165) is 77.0 Å². The number of carbonyl (C=O) groups is 3. The first kappa shape index (κ1) is 49.5. The van der Waals surface area contributed by atoms with Crippen molar-refractivity contribution in [2.45, 2.75) is 174 Å². The smallest absolute Gasteiger partial charge is 0.306 e. The van der Waals surface area contributed by atoms with Crippen LogP contribution in [0.25, 0.3) is 0 Å². The second-order valence-corrected chi connectivity index (χ2v) is 14.9. The summed E-state index contributed by atoms with van der Waals surface area (Å²) < 4.78 is 22.4. The molecule has 0 radical (unpaired) electrons. The summed E-state index contributed by atoms with van der Waals surface area (Å²) in [6.45, 7) is 4.64. The second kappa shape index (κ2) is 35.5. The molecule has 0 aromatic rings. The largest absolute Gasteiger partial charge is 0.545 e. The molecule has 0 fully saturated rings. The Balaban J connectivity index is 4.54. The summed E-state index contributed by atoms with van der Waals surface area (Å²) >= 11 is 0. The summed E-state index contributed by atoms with van der Waals surface area (Å²) in [6, 6.07) is 0. The molecule has 52 heavy (non-hydrogen) atoms. The first-order valence-electron chi connectivity index (χ1n) is 20.6. The number of hydrogen-bond acceptors (Lipinski definition) is 8. The first-order chi connectivity index (χ1) is 25.1. The van der Waals surface area contributed by atoms with Gasteiger partial charge in [-0.15, -0.1) is 0 Å². The van der Waals surface area contributed by atoms with Crippen LogP contribution in [0.5, 0.6) is 0 Å². The number of allylic oxidation sites excluding steroid dienone is 6. The summed E-state index contributed by atoms with van der Waals surface area (Å²) in [5, 5.41) is 11.6. The molecule has 9 heteroatoms. The van der Waals surface area contributed by atoms with Crippen LogP contribution in [0.15, 0.2) is 36.5 Å². The fourth-order valence-corrected chi connectivity index (χ4v) is 5.32. The fourth-order valence-electron chi connectivity index (χ4n) is 5.32. The van der Waals surface area contributed by atoms with Gasteiger partial charge in [-0.3, -0.25) is 9.59 Å². The number of hydrogen-bond donors (Lipinski definition) is 0. The maximum atomic E-state index is 12.7. The number of nitrogens with zero attached hydrogens (tertiary/aromatic N) is 1. The van der Waals surface area contributed by atoms with Gasteiger partial charge in [0.25, 0.3) is 0 Å². The third-order valence-electron chi connectivity index (χ3n) is 8.61. The van der Waals surface area contributed by atoms with Crippen LogP contribution in [0.1, 0.15) is 162 Å². The highest BCUT2D eigenvalue weighted by atomic mass is 16.7. The number of quaternary nitrogens is 1. The number of carboxylic acid groups (broad SMARTS) is 1. The van der Waals surface area contributed by atoms with Crippen molar-refractivity contribution in [3.63, 3.8) is 0 Å². The molecule has 0 aromatic carbocycles. The van der Waals surface area contributed by atoms with Crippen LogP contribution in [0.3, 0.4) is 0 Å². The Bertz CT molecular complexity index is 955. The number of rotatable bonds is 37. The van der Waals surface area contributed by atoms with E-state index < -0.39 is 24.3 Å². The number of carbonyl (C=O) groups excluding carboxylic acids is 3. The van der Waals surface area contributed by atoms with Crippen molar-refractivity contribution in [1.29, 1.82) is 0 Å². The molecule has 0 heterocycles. The van der Waals surface area contributed by atoms with Crippen molar-refractivity contribution in [1.82, 2.24) is 0 Å². The van der Waals surface area contributed by atoms with Crippen molar-refractivity contribution < 1.29 is 42.9 Å². The molecule has 0 aliphatic carbocycles. The third-order valence-corrected chi connectivity index (χ3v) is 8.61. The molecule has 0 rings (SSSR count). The third kappa shape index (κ3) is 35.9. The molecule has 0 spiro atoms. The molecule has 0 amide bonds. The van der Waals surface area contributed by atoms with Crippen LogP contribution >= 0.6 is 0 Å². The van der Waals surface area contributed by atoms with E-state index in [0.29, 0.717) is 17.4 Å². The molecule has 302 valence electrons. The van der Waals surface area contributed by atoms with Gasteiger partial charge >= 0.3 is 11.9 Å². The summed E-state index contributed by atoms with van der Waals surface area (Å²) in [7, 11) is 5.89. The molecule has 0 saturated heterocycles. The Hall–Kier alpha value is -2.49. The fraction of sp³-hybridized carbons (Fsp3) is 0.791. The van der Waals surface area contributed by atoms with Crippen molar-refractivity contribution in [3.05, 3.63) is 36.5 Å². The van der Waals surface area contributed by atoms with Gasteiger partial charge in [0.1, 0.15) is 13.2 Å². The Morgan fingerprint density at radius 2 is 1.04 bits per heavy atom. The predicted octanol–water partition coefficient (Wildman–Crippen LogP) is 8.94. The van der Waals surface area contributed by atoms with E-state index in [1.54, 1.807) is 0 Å². The number of ether oxygens (including phenoxy) is 4. The summed E-state index contributed by atoms with van der Waals surface area (Å²) in [5.41, 5.74) is 0. The highest BCUT2D eigenvalue weighted by Gasteiger charge is 2.21. The van der Waals surface area contributed by atoms with Crippen molar-refractivity contribution >= 4 is 17.9 Å². The number of esters is 2. The zero-order chi connectivity index (χ0) is 38.5. The molecular weight excluding hydrogens is 658 g/mol. The molecule has 9 nitrogen and oxygen atoms in total. The van der Waals surface area contributed by atoms with Crippen LogP contribution in [0.4, 0.5) is 0 Å². The Morgan fingerprint density at radius 3 is 1.54 bits per heavy atom. The molecular formula is C43H77NO8. The lowest BCUT2D eigenvalue weighted by Crippen LogP contribution is -2.44. The maximum absolute atomic E-state index is 12.7. The van der Waals surface area contributed by atoms with Gasteiger partial charge in [-0.05, 0) is 70.6 Å². The highest BCUT2D eigenvalue weighted by Crippen LogP contribution is 2.12. The highest BCUT2D eigenvalue weighted by molar-refractivity contribution is 5.70. The van der Waals surface area contributed by atoms with Gasteiger partial charge in [-0.2, -0.15) is 0 Å².